The SMILES string of the molecule is COCCNc1nc2cc(OC)c(C(=O)O)cc2s1. The molecule has 0 aliphatic rings. The van der Waals surface area contributed by atoms with E-state index in [0.717, 1.165) is 9.83 Å². The fourth-order valence-corrected chi connectivity index (χ4v) is 2.54. The fraction of sp³-hybridized carbons (Fsp3) is 0.333. The zero-order valence-corrected chi connectivity index (χ0v) is 11.4. The molecule has 7 heteroatoms. The zero-order valence-electron chi connectivity index (χ0n) is 10.6. The maximum Gasteiger partial charge on any atom is 0.339 e. The summed E-state index contributed by atoms with van der Waals surface area (Å²) in [7, 11) is 3.07. The molecule has 19 heavy (non-hydrogen) atoms. The van der Waals surface area contributed by atoms with Crippen molar-refractivity contribution in [2.45, 2.75) is 0 Å². The van der Waals surface area contributed by atoms with Crippen molar-refractivity contribution in [3.8, 4) is 5.75 Å². The molecular weight excluding hydrogens is 268 g/mol. The Morgan fingerprint density at radius 2 is 2.26 bits per heavy atom. The van der Waals surface area contributed by atoms with Gasteiger partial charge >= 0.3 is 5.97 Å². The zero-order chi connectivity index (χ0) is 13.8. The van der Waals surface area contributed by atoms with Crippen LogP contribution in [-0.2, 0) is 4.74 Å². The van der Waals surface area contributed by atoms with E-state index in [1.807, 2.05) is 0 Å². The Morgan fingerprint density at radius 3 is 2.89 bits per heavy atom. The van der Waals surface area contributed by atoms with Gasteiger partial charge in [-0.15, -0.1) is 0 Å². The molecule has 0 bridgehead atoms. The first-order chi connectivity index (χ1) is 9.15. The lowest BCUT2D eigenvalue weighted by Crippen LogP contribution is -2.06. The first kappa shape index (κ1) is 13.6. The van der Waals surface area contributed by atoms with Gasteiger partial charge in [0.25, 0.3) is 0 Å². The topological polar surface area (TPSA) is 80.7 Å². The maximum atomic E-state index is 11.1. The third kappa shape index (κ3) is 2.94. The Bertz CT molecular complexity index is 597. The van der Waals surface area contributed by atoms with Crippen LogP contribution >= 0.6 is 11.3 Å². The number of thiazole rings is 1. The number of hydrogen-bond donors (Lipinski definition) is 2. The van der Waals surface area contributed by atoms with Gasteiger partial charge in [0.1, 0.15) is 11.3 Å². The van der Waals surface area contributed by atoms with Gasteiger partial charge < -0.3 is 19.9 Å². The Morgan fingerprint density at radius 1 is 1.47 bits per heavy atom. The third-order valence-electron chi connectivity index (χ3n) is 2.52. The van der Waals surface area contributed by atoms with Gasteiger partial charge in [0.2, 0.25) is 0 Å². The van der Waals surface area contributed by atoms with E-state index in [0.29, 0.717) is 24.4 Å². The van der Waals surface area contributed by atoms with Crippen molar-refractivity contribution in [1.29, 1.82) is 0 Å². The second-order valence-electron chi connectivity index (χ2n) is 3.76. The van der Waals surface area contributed by atoms with Crippen LogP contribution in [0.5, 0.6) is 5.75 Å². The van der Waals surface area contributed by atoms with E-state index >= 15 is 0 Å². The number of fused-ring (bicyclic) bond motifs is 1. The van der Waals surface area contributed by atoms with Crippen molar-refractivity contribution in [2.75, 3.05) is 32.7 Å². The molecule has 0 aliphatic carbocycles. The highest BCUT2D eigenvalue weighted by Crippen LogP contribution is 2.31. The van der Waals surface area contributed by atoms with Gasteiger partial charge in [-0.25, -0.2) is 9.78 Å². The van der Waals surface area contributed by atoms with Gasteiger partial charge in [0.15, 0.2) is 5.13 Å². The molecule has 2 N–H and O–H groups in total. The van der Waals surface area contributed by atoms with Gasteiger partial charge in [-0.1, -0.05) is 11.3 Å². The molecule has 0 fully saturated rings. The van der Waals surface area contributed by atoms with Crippen molar-refractivity contribution in [2.24, 2.45) is 0 Å². The normalized spacial score (nSPS) is 10.6. The molecule has 0 saturated heterocycles. The lowest BCUT2D eigenvalue weighted by atomic mass is 10.2. The first-order valence-electron chi connectivity index (χ1n) is 5.60. The van der Waals surface area contributed by atoms with Crippen LogP contribution < -0.4 is 10.1 Å². The number of carbonyl (C=O) groups is 1. The Kier molecular flexibility index (Phi) is 4.18. The van der Waals surface area contributed by atoms with Crippen LogP contribution in [0, 0.1) is 0 Å². The van der Waals surface area contributed by atoms with Crippen LogP contribution in [-0.4, -0.2) is 43.4 Å². The van der Waals surface area contributed by atoms with Crippen molar-refractivity contribution < 1.29 is 19.4 Å². The molecule has 0 aliphatic heterocycles. The van der Waals surface area contributed by atoms with Crippen LogP contribution in [0.15, 0.2) is 12.1 Å². The number of anilines is 1. The van der Waals surface area contributed by atoms with Gasteiger partial charge in [-0.3, -0.25) is 0 Å². The summed E-state index contributed by atoms with van der Waals surface area (Å²) in [6.07, 6.45) is 0. The van der Waals surface area contributed by atoms with Crippen molar-refractivity contribution >= 4 is 32.7 Å². The van der Waals surface area contributed by atoms with Crippen molar-refractivity contribution in [3.05, 3.63) is 17.7 Å². The van der Waals surface area contributed by atoms with Gasteiger partial charge in [0, 0.05) is 19.7 Å². The van der Waals surface area contributed by atoms with Crippen molar-refractivity contribution in [1.82, 2.24) is 4.98 Å². The molecular formula is C12H14N2O4S. The van der Waals surface area contributed by atoms with E-state index in [-0.39, 0.29) is 5.56 Å². The molecule has 1 aromatic carbocycles. The predicted octanol–water partition coefficient (Wildman–Crippen LogP) is 2.06. The van der Waals surface area contributed by atoms with E-state index in [9.17, 15) is 4.79 Å². The maximum absolute atomic E-state index is 11.1. The highest BCUT2D eigenvalue weighted by molar-refractivity contribution is 7.22. The van der Waals surface area contributed by atoms with Gasteiger partial charge in [-0.05, 0) is 6.07 Å². The minimum absolute atomic E-state index is 0.141. The summed E-state index contributed by atoms with van der Waals surface area (Å²) >= 11 is 1.40. The Balaban J connectivity index is 2.34. The first-order valence-corrected chi connectivity index (χ1v) is 6.42. The number of nitrogens with one attached hydrogen (secondary N) is 1. The van der Waals surface area contributed by atoms with E-state index in [1.54, 1.807) is 19.2 Å². The minimum Gasteiger partial charge on any atom is -0.496 e. The van der Waals surface area contributed by atoms with E-state index in [2.05, 4.69) is 10.3 Å². The molecule has 6 nitrogen and oxygen atoms in total. The average molecular weight is 282 g/mol. The van der Waals surface area contributed by atoms with Crippen LogP contribution in [0.4, 0.5) is 5.13 Å². The Hall–Kier alpha value is -1.86. The van der Waals surface area contributed by atoms with Gasteiger partial charge in [-0.2, -0.15) is 0 Å². The predicted molar refractivity (Wildman–Crippen MR) is 73.5 cm³/mol. The number of methoxy groups -OCH3 is 2. The lowest BCUT2D eigenvalue weighted by Gasteiger charge is -2.03. The number of nitrogens with zero attached hydrogens (tertiary/aromatic N) is 1. The number of hydrogen-bond acceptors (Lipinski definition) is 6. The second-order valence-corrected chi connectivity index (χ2v) is 4.79. The number of ether oxygens (including phenoxy) is 2. The van der Waals surface area contributed by atoms with Crippen LogP contribution in [0.3, 0.4) is 0 Å². The van der Waals surface area contributed by atoms with Crippen molar-refractivity contribution in [3.63, 3.8) is 0 Å². The molecule has 0 spiro atoms. The number of carboxylic acid groups (broad SMARTS) is 1. The summed E-state index contributed by atoms with van der Waals surface area (Å²) in [5.74, 6) is -0.699. The number of carboxylic acids is 1. The molecule has 1 heterocycles. The molecule has 0 saturated carbocycles. The number of aromatic nitrogens is 1. The highest BCUT2D eigenvalue weighted by atomic mass is 32.1. The fourth-order valence-electron chi connectivity index (χ4n) is 1.63. The largest absolute Gasteiger partial charge is 0.496 e. The van der Waals surface area contributed by atoms with E-state index < -0.39 is 5.97 Å². The molecule has 102 valence electrons. The molecule has 0 unspecified atom stereocenters. The molecule has 1 aromatic heterocycles. The van der Waals surface area contributed by atoms with Crippen LogP contribution in [0.25, 0.3) is 10.2 Å². The quantitative estimate of drug-likeness (QED) is 0.789. The van der Waals surface area contributed by atoms with E-state index in [4.69, 9.17) is 14.6 Å². The molecule has 2 aromatic rings. The van der Waals surface area contributed by atoms with E-state index in [1.165, 1.54) is 18.4 Å². The number of rotatable bonds is 6. The average Bonchev–Trinajstić information content (AvgIpc) is 2.78. The van der Waals surface area contributed by atoms with Gasteiger partial charge in [0.05, 0.1) is 23.9 Å². The second kappa shape index (κ2) is 5.85. The molecule has 0 radical (unpaired) electrons. The molecule has 0 atom stereocenters. The summed E-state index contributed by atoms with van der Waals surface area (Å²) in [6.45, 7) is 1.23. The summed E-state index contributed by atoms with van der Waals surface area (Å²) < 4.78 is 10.8. The lowest BCUT2D eigenvalue weighted by molar-refractivity contribution is 0.0693. The molecule has 0 amide bonds. The highest BCUT2D eigenvalue weighted by Gasteiger charge is 2.14. The summed E-state index contributed by atoms with van der Waals surface area (Å²) in [5, 5.41) is 13.0. The van der Waals surface area contributed by atoms with Crippen LogP contribution in [0.2, 0.25) is 0 Å². The number of benzene rings is 1. The standard InChI is InChI=1S/C12H14N2O4S/c1-17-4-3-13-12-14-8-6-9(18-2)7(11(15)16)5-10(8)19-12/h5-6H,3-4H2,1-2H3,(H,13,14)(H,15,16). The minimum atomic E-state index is -1.01. The van der Waals surface area contributed by atoms with Crippen LogP contribution in [0.1, 0.15) is 10.4 Å². The third-order valence-corrected chi connectivity index (χ3v) is 3.50. The summed E-state index contributed by atoms with van der Waals surface area (Å²) in [6, 6.07) is 3.21. The summed E-state index contributed by atoms with van der Waals surface area (Å²) in [5.41, 5.74) is 0.855. The monoisotopic (exact) mass is 282 g/mol. The smallest absolute Gasteiger partial charge is 0.339 e. The number of aromatic carboxylic acids is 1. The molecule has 2 rings (SSSR count). The Labute approximate surface area is 114 Å². The summed E-state index contributed by atoms with van der Waals surface area (Å²) in [4.78, 5) is 15.5.